The van der Waals surface area contributed by atoms with Gasteiger partial charge in [-0.25, -0.2) is 18.2 Å². The number of hydrogen-bond acceptors (Lipinski definition) is 3. The first-order valence-electron chi connectivity index (χ1n) is 7.72. The lowest BCUT2D eigenvalue weighted by Gasteiger charge is -2.09. The summed E-state index contributed by atoms with van der Waals surface area (Å²) in [6.07, 6.45) is 1.36. The van der Waals surface area contributed by atoms with Gasteiger partial charge in [0.15, 0.2) is 0 Å². The van der Waals surface area contributed by atoms with Gasteiger partial charge >= 0.3 is 0 Å². The molecule has 0 aliphatic carbocycles. The molecule has 2 aromatic carbocycles. The molecule has 0 bridgehead atoms. The van der Waals surface area contributed by atoms with E-state index in [1.54, 1.807) is 30.3 Å². The van der Waals surface area contributed by atoms with E-state index in [1.807, 2.05) is 0 Å². The third kappa shape index (κ3) is 4.18. The third-order valence-corrected chi connectivity index (χ3v) is 3.61. The van der Waals surface area contributed by atoms with Gasteiger partial charge in [-0.3, -0.25) is 4.79 Å². The third-order valence-electron chi connectivity index (χ3n) is 3.61. The first-order valence-corrected chi connectivity index (χ1v) is 7.72. The quantitative estimate of drug-likeness (QED) is 0.713. The number of pyridine rings is 1. The Morgan fingerprint density at radius 3 is 2.50 bits per heavy atom. The lowest BCUT2D eigenvalue weighted by atomic mass is 10.2. The normalized spacial score (nSPS) is 10.4. The zero-order chi connectivity index (χ0) is 18.5. The molecule has 3 rings (SSSR count). The summed E-state index contributed by atoms with van der Waals surface area (Å²) in [5.74, 6) is -2.15. The van der Waals surface area contributed by atoms with Crippen LogP contribution in [0.4, 0.5) is 24.7 Å². The zero-order valence-electron chi connectivity index (χ0n) is 13.5. The number of rotatable bonds is 5. The van der Waals surface area contributed by atoms with Crippen LogP contribution in [0.2, 0.25) is 0 Å². The number of nitrogens with one attached hydrogen (secondary N) is 2. The molecule has 2 N–H and O–H groups in total. The van der Waals surface area contributed by atoms with Crippen molar-refractivity contribution in [1.82, 2.24) is 4.98 Å². The molecule has 0 fully saturated rings. The molecule has 0 unspecified atom stereocenters. The van der Waals surface area contributed by atoms with Gasteiger partial charge in [-0.05, 0) is 36.4 Å². The van der Waals surface area contributed by atoms with Crippen LogP contribution in [0.15, 0.2) is 60.8 Å². The number of anilines is 2. The molecular weight excluding hydrogens is 343 g/mol. The fourth-order valence-corrected chi connectivity index (χ4v) is 2.27. The molecule has 0 aliphatic heterocycles. The molecule has 3 aromatic rings. The SMILES string of the molecule is O=C(Nc1ccc(NCc2ccccc2F)nc1)c1cc(F)ccc1F. The maximum absolute atomic E-state index is 13.6. The minimum Gasteiger partial charge on any atom is -0.366 e. The minimum atomic E-state index is -0.819. The van der Waals surface area contributed by atoms with Gasteiger partial charge < -0.3 is 10.6 Å². The Morgan fingerprint density at radius 1 is 0.962 bits per heavy atom. The van der Waals surface area contributed by atoms with Crippen molar-refractivity contribution >= 4 is 17.4 Å². The molecule has 132 valence electrons. The second-order valence-corrected chi connectivity index (χ2v) is 5.46. The van der Waals surface area contributed by atoms with Crippen LogP contribution in [0.3, 0.4) is 0 Å². The molecule has 0 spiro atoms. The van der Waals surface area contributed by atoms with Crippen LogP contribution in [0, 0.1) is 17.5 Å². The van der Waals surface area contributed by atoms with Crippen LogP contribution in [0.5, 0.6) is 0 Å². The van der Waals surface area contributed by atoms with E-state index in [2.05, 4.69) is 15.6 Å². The summed E-state index contributed by atoms with van der Waals surface area (Å²) in [5, 5.41) is 5.40. The number of benzene rings is 2. The Hall–Kier alpha value is -3.35. The summed E-state index contributed by atoms with van der Waals surface area (Å²) >= 11 is 0. The highest BCUT2D eigenvalue weighted by Crippen LogP contribution is 2.15. The predicted octanol–water partition coefficient (Wildman–Crippen LogP) is 4.36. The number of amides is 1. The number of aromatic nitrogens is 1. The van der Waals surface area contributed by atoms with Crippen molar-refractivity contribution in [2.45, 2.75) is 6.54 Å². The van der Waals surface area contributed by atoms with Crippen LogP contribution in [0.25, 0.3) is 0 Å². The summed E-state index contributed by atoms with van der Waals surface area (Å²) in [7, 11) is 0. The van der Waals surface area contributed by atoms with E-state index in [4.69, 9.17) is 0 Å². The average Bonchev–Trinajstić information content (AvgIpc) is 2.64. The molecular formula is C19H14F3N3O. The van der Waals surface area contributed by atoms with Crippen molar-refractivity contribution in [3.63, 3.8) is 0 Å². The Morgan fingerprint density at radius 2 is 1.77 bits per heavy atom. The maximum Gasteiger partial charge on any atom is 0.258 e. The molecule has 0 atom stereocenters. The van der Waals surface area contributed by atoms with Crippen molar-refractivity contribution in [2.75, 3.05) is 10.6 Å². The van der Waals surface area contributed by atoms with Crippen molar-refractivity contribution in [3.05, 3.63) is 89.4 Å². The molecule has 1 heterocycles. The summed E-state index contributed by atoms with van der Waals surface area (Å²) in [4.78, 5) is 16.1. The van der Waals surface area contributed by atoms with Gasteiger partial charge in [0.25, 0.3) is 5.91 Å². The van der Waals surface area contributed by atoms with E-state index >= 15 is 0 Å². The van der Waals surface area contributed by atoms with E-state index in [-0.39, 0.29) is 12.4 Å². The molecule has 0 radical (unpaired) electrons. The Labute approximate surface area is 147 Å². The van der Waals surface area contributed by atoms with Crippen LogP contribution in [-0.2, 0) is 6.54 Å². The smallest absolute Gasteiger partial charge is 0.258 e. The second-order valence-electron chi connectivity index (χ2n) is 5.46. The number of carbonyl (C=O) groups excluding carboxylic acids is 1. The maximum atomic E-state index is 13.6. The fraction of sp³-hybridized carbons (Fsp3) is 0.0526. The van der Waals surface area contributed by atoms with Crippen LogP contribution < -0.4 is 10.6 Å². The van der Waals surface area contributed by atoms with Crippen molar-refractivity contribution in [3.8, 4) is 0 Å². The lowest BCUT2D eigenvalue weighted by Crippen LogP contribution is -2.14. The van der Waals surface area contributed by atoms with E-state index in [0.29, 0.717) is 17.1 Å². The number of hydrogen-bond donors (Lipinski definition) is 2. The average molecular weight is 357 g/mol. The Balaban J connectivity index is 1.63. The first-order chi connectivity index (χ1) is 12.5. The van der Waals surface area contributed by atoms with E-state index in [1.165, 1.54) is 12.3 Å². The van der Waals surface area contributed by atoms with Crippen LogP contribution in [0.1, 0.15) is 15.9 Å². The number of carbonyl (C=O) groups is 1. The van der Waals surface area contributed by atoms with Crippen LogP contribution in [-0.4, -0.2) is 10.9 Å². The molecule has 1 aromatic heterocycles. The van der Waals surface area contributed by atoms with Gasteiger partial charge in [-0.2, -0.15) is 0 Å². The number of halogens is 3. The molecule has 0 saturated heterocycles. The van der Waals surface area contributed by atoms with Gasteiger partial charge in [-0.15, -0.1) is 0 Å². The van der Waals surface area contributed by atoms with E-state index < -0.39 is 23.1 Å². The standard InChI is InChI=1S/C19H14F3N3O/c20-13-5-7-17(22)15(9-13)19(26)25-14-6-8-18(24-11-14)23-10-12-3-1-2-4-16(12)21/h1-9,11H,10H2,(H,23,24)(H,25,26). The van der Waals surface area contributed by atoms with Gasteiger partial charge in [0, 0.05) is 12.1 Å². The first kappa shape index (κ1) is 17.5. The Bertz CT molecular complexity index is 930. The summed E-state index contributed by atoms with van der Waals surface area (Å²) in [6, 6.07) is 12.1. The molecule has 0 saturated carbocycles. The van der Waals surface area contributed by atoms with Crippen LogP contribution >= 0.6 is 0 Å². The van der Waals surface area contributed by atoms with Gasteiger partial charge in [0.05, 0.1) is 17.4 Å². The largest absolute Gasteiger partial charge is 0.366 e. The highest BCUT2D eigenvalue weighted by molar-refractivity contribution is 6.04. The highest BCUT2D eigenvalue weighted by atomic mass is 19.1. The number of nitrogens with zero attached hydrogens (tertiary/aromatic N) is 1. The Kier molecular flexibility index (Phi) is 5.17. The summed E-state index contributed by atoms with van der Waals surface area (Å²) < 4.78 is 40.3. The predicted molar refractivity (Wildman–Crippen MR) is 92.3 cm³/mol. The molecule has 1 amide bonds. The minimum absolute atomic E-state index is 0.250. The molecule has 4 nitrogen and oxygen atoms in total. The molecule has 0 aliphatic rings. The highest BCUT2D eigenvalue weighted by Gasteiger charge is 2.13. The van der Waals surface area contributed by atoms with E-state index in [9.17, 15) is 18.0 Å². The molecule has 7 heteroatoms. The summed E-state index contributed by atoms with van der Waals surface area (Å²) in [6.45, 7) is 0.250. The fourth-order valence-electron chi connectivity index (χ4n) is 2.27. The van der Waals surface area contributed by atoms with Gasteiger partial charge in [0.2, 0.25) is 0 Å². The zero-order valence-corrected chi connectivity index (χ0v) is 13.5. The summed E-state index contributed by atoms with van der Waals surface area (Å²) in [5.41, 5.74) is 0.412. The van der Waals surface area contributed by atoms with Gasteiger partial charge in [-0.1, -0.05) is 18.2 Å². The second kappa shape index (κ2) is 7.69. The van der Waals surface area contributed by atoms with E-state index in [0.717, 1.165) is 18.2 Å². The van der Waals surface area contributed by atoms with Crippen molar-refractivity contribution < 1.29 is 18.0 Å². The monoisotopic (exact) mass is 357 g/mol. The van der Waals surface area contributed by atoms with Crippen molar-refractivity contribution in [2.24, 2.45) is 0 Å². The lowest BCUT2D eigenvalue weighted by molar-refractivity contribution is 0.102. The topological polar surface area (TPSA) is 54.0 Å². The molecule has 26 heavy (non-hydrogen) atoms. The van der Waals surface area contributed by atoms with Crippen molar-refractivity contribution in [1.29, 1.82) is 0 Å². The van der Waals surface area contributed by atoms with Gasteiger partial charge in [0.1, 0.15) is 23.3 Å².